The van der Waals surface area contributed by atoms with Crippen LogP contribution in [0.15, 0.2) is 41.8 Å². The van der Waals surface area contributed by atoms with Gasteiger partial charge in [-0.05, 0) is 76.7 Å². The molecule has 0 atom stereocenters. The monoisotopic (exact) mass is 444 g/mol. The third kappa shape index (κ3) is 4.49. The predicted molar refractivity (Wildman–Crippen MR) is 130 cm³/mol. The molecule has 1 aromatic carbocycles. The molecular weight excluding hydrogens is 412 g/mol. The van der Waals surface area contributed by atoms with Crippen molar-refractivity contribution in [3.63, 3.8) is 0 Å². The molecule has 1 saturated carbocycles. The molecule has 0 bridgehead atoms. The fourth-order valence-electron chi connectivity index (χ4n) is 5.16. The Kier molecular flexibility index (Phi) is 5.64. The number of ether oxygens (including phenoxy) is 1. The van der Waals surface area contributed by atoms with Crippen LogP contribution in [0.1, 0.15) is 74.5 Å². The number of hydrogen-bond donors (Lipinski definition) is 2. The largest absolute Gasteiger partial charge is 0.463 e. The van der Waals surface area contributed by atoms with Crippen LogP contribution in [0.4, 0.5) is 11.5 Å². The lowest BCUT2D eigenvalue weighted by Crippen LogP contribution is -2.41. The van der Waals surface area contributed by atoms with Crippen molar-refractivity contribution in [2.24, 2.45) is 10.9 Å². The summed E-state index contributed by atoms with van der Waals surface area (Å²) in [6.45, 7) is 6.03. The summed E-state index contributed by atoms with van der Waals surface area (Å²) in [5.41, 5.74) is 10.5. The Morgan fingerprint density at radius 3 is 2.52 bits per heavy atom. The lowest BCUT2D eigenvalue weighted by Gasteiger charge is -2.32. The number of aromatic amines is 1. The Labute approximate surface area is 194 Å². The number of anilines is 1. The summed E-state index contributed by atoms with van der Waals surface area (Å²) in [6, 6.07) is 8.84. The lowest BCUT2D eigenvalue weighted by molar-refractivity contribution is 0.171. The molecule has 0 amide bonds. The summed E-state index contributed by atoms with van der Waals surface area (Å²) in [5, 5.41) is 0. The first-order valence-corrected chi connectivity index (χ1v) is 11.9. The van der Waals surface area contributed by atoms with E-state index in [1.165, 1.54) is 49.7 Å². The minimum Gasteiger partial charge on any atom is -0.463 e. The van der Waals surface area contributed by atoms with Crippen molar-refractivity contribution in [1.29, 1.82) is 0 Å². The smallest absolute Gasteiger partial charge is 0.246 e. The topological polar surface area (TPSA) is 102 Å². The Morgan fingerprint density at radius 2 is 1.82 bits per heavy atom. The van der Waals surface area contributed by atoms with E-state index in [0.29, 0.717) is 23.3 Å². The number of H-pyrrole nitrogens is 1. The van der Waals surface area contributed by atoms with Crippen molar-refractivity contribution in [1.82, 2.24) is 19.9 Å². The highest BCUT2D eigenvalue weighted by atomic mass is 16.5. The first-order chi connectivity index (χ1) is 15.9. The molecule has 0 unspecified atom stereocenters. The van der Waals surface area contributed by atoms with Gasteiger partial charge in [-0.3, -0.25) is 0 Å². The number of aromatic nitrogens is 4. The van der Waals surface area contributed by atoms with Crippen LogP contribution in [0, 0.1) is 12.8 Å². The molecule has 7 heteroatoms. The van der Waals surface area contributed by atoms with Crippen molar-refractivity contribution in [3.05, 3.63) is 59.4 Å². The van der Waals surface area contributed by atoms with Gasteiger partial charge in [-0.15, -0.1) is 0 Å². The van der Waals surface area contributed by atoms with Gasteiger partial charge in [-0.25, -0.2) is 15.0 Å². The van der Waals surface area contributed by atoms with Crippen LogP contribution in [0.2, 0.25) is 0 Å². The molecule has 1 aliphatic heterocycles. The van der Waals surface area contributed by atoms with E-state index in [9.17, 15) is 0 Å². The Hall–Kier alpha value is -3.22. The molecule has 0 radical (unpaired) electrons. The maximum absolute atomic E-state index is 6.11. The van der Waals surface area contributed by atoms with Crippen molar-refractivity contribution < 1.29 is 4.74 Å². The molecule has 7 nitrogen and oxygen atoms in total. The number of fused-ring (bicyclic) bond motifs is 1. The normalized spacial score (nSPS) is 21.7. The molecule has 5 rings (SSSR count). The second kappa shape index (κ2) is 8.61. The van der Waals surface area contributed by atoms with Crippen LogP contribution in [-0.4, -0.2) is 31.2 Å². The van der Waals surface area contributed by atoms with Crippen LogP contribution < -0.4 is 10.5 Å². The second-order valence-corrected chi connectivity index (χ2v) is 9.86. The van der Waals surface area contributed by atoms with Gasteiger partial charge >= 0.3 is 0 Å². The molecule has 2 aliphatic rings. The Bertz CT molecular complexity index is 1160. The molecule has 3 aromatic rings. The summed E-state index contributed by atoms with van der Waals surface area (Å²) in [7, 11) is 0. The van der Waals surface area contributed by atoms with Gasteiger partial charge in [0.1, 0.15) is 17.8 Å². The van der Waals surface area contributed by atoms with Crippen LogP contribution in [0.3, 0.4) is 0 Å². The molecule has 3 N–H and O–H groups in total. The summed E-state index contributed by atoms with van der Waals surface area (Å²) in [4.78, 5) is 20.7. The molecule has 0 saturated heterocycles. The first-order valence-electron chi connectivity index (χ1n) is 11.9. The zero-order chi connectivity index (χ0) is 23.0. The highest BCUT2D eigenvalue weighted by Crippen LogP contribution is 2.40. The van der Waals surface area contributed by atoms with Gasteiger partial charge in [0.15, 0.2) is 11.5 Å². The van der Waals surface area contributed by atoms with E-state index < -0.39 is 5.60 Å². The summed E-state index contributed by atoms with van der Waals surface area (Å²) < 4.78 is 6.11. The van der Waals surface area contributed by atoms with Gasteiger partial charge in [0.25, 0.3) is 0 Å². The third-order valence-electron chi connectivity index (χ3n) is 7.04. The fourth-order valence-corrected chi connectivity index (χ4v) is 5.16. The van der Waals surface area contributed by atoms with E-state index in [0.717, 1.165) is 29.4 Å². The number of imidazole rings is 1. The van der Waals surface area contributed by atoms with Gasteiger partial charge in [-0.2, -0.15) is 4.98 Å². The lowest BCUT2D eigenvalue weighted by atomic mass is 9.77. The molecule has 3 heterocycles. The average molecular weight is 445 g/mol. The van der Waals surface area contributed by atoms with Gasteiger partial charge < -0.3 is 15.5 Å². The highest BCUT2D eigenvalue weighted by molar-refractivity contribution is 6.09. The van der Waals surface area contributed by atoms with Gasteiger partial charge in [0.2, 0.25) is 5.88 Å². The number of nitrogens with one attached hydrogen (secondary N) is 1. The summed E-state index contributed by atoms with van der Waals surface area (Å²) in [6.07, 6.45) is 10.8. The highest BCUT2D eigenvalue weighted by Gasteiger charge is 2.35. The third-order valence-corrected chi connectivity index (χ3v) is 7.04. The zero-order valence-corrected chi connectivity index (χ0v) is 19.6. The minimum atomic E-state index is -0.597. The van der Waals surface area contributed by atoms with E-state index in [4.69, 9.17) is 15.5 Å². The predicted octanol–water partition coefficient (Wildman–Crippen LogP) is 5.29. The number of benzene rings is 1. The molecule has 1 aliphatic carbocycles. The Morgan fingerprint density at radius 1 is 1.06 bits per heavy atom. The standard InChI is InChI=1S/C26H32N6O/c1-16-28-14-21(31-16)13-6-17-4-7-18(8-5-17)19-9-11-20(12-10-19)23-26(2,3)33-25-22(32-23)24(27)29-15-30-25/h9-12,14-15,17-18H,4-8,13H2,1-3H3,(H,28,31)(H2,27,29,30)/t17-,18-. The number of rotatable bonds is 5. The SMILES string of the molecule is Cc1ncc(CC[C@H]2CC[C@H](c3ccc(C4=Nc5c(N)ncnc5OC4(C)C)cc3)CC2)[nH]1. The van der Waals surface area contributed by atoms with Crippen molar-refractivity contribution in [2.75, 3.05) is 5.73 Å². The van der Waals surface area contributed by atoms with Crippen LogP contribution in [-0.2, 0) is 6.42 Å². The van der Waals surface area contributed by atoms with E-state index in [1.54, 1.807) is 0 Å². The maximum Gasteiger partial charge on any atom is 0.246 e. The van der Waals surface area contributed by atoms with Crippen molar-refractivity contribution >= 4 is 17.2 Å². The summed E-state index contributed by atoms with van der Waals surface area (Å²) in [5.74, 6) is 3.22. The molecule has 172 valence electrons. The van der Waals surface area contributed by atoms with Gasteiger partial charge in [-0.1, -0.05) is 24.3 Å². The second-order valence-electron chi connectivity index (χ2n) is 9.86. The van der Waals surface area contributed by atoms with Crippen LogP contribution in [0.25, 0.3) is 0 Å². The average Bonchev–Trinajstić information content (AvgIpc) is 3.22. The van der Waals surface area contributed by atoms with E-state index in [2.05, 4.69) is 44.2 Å². The number of aliphatic imine (C=N–C) groups is 1. The van der Waals surface area contributed by atoms with Crippen molar-refractivity contribution in [3.8, 4) is 5.88 Å². The van der Waals surface area contributed by atoms with Crippen molar-refractivity contribution in [2.45, 2.75) is 70.8 Å². The Balaban J connectivity index is 1.24. The number of nitrogens with zero attached hydrogens (tertiary/aromatic N) is 4. The molecule has 0 spiro atoms. The van der Waals surface area contributed by atoms with E-state index in [1.807, 2.05) is 27.0 Å². The van der Waals surface area contributed by atoms with Crippen LogP contribution in [0.5, 0.6) is 5.88 Å². The summed E-state index contributed by atoms with van der Waals surface area (Å²) >= 11 is 0. The quantitative estimate of drug-likeness (QED) is 0.557. The molecule has 33 heavy (non-hydrogen) atoms. The molecule has 2 aromatic heterocycles. The fraction of sp³-hybridized carbons (Fsp3) is 0.462. The molecular formula is C26H32N6O. The van der Waals surface area contributed by atoms with Gasteiger partial charge in [0.05, 0.1) is 5.71 Å². The first kappa shape index (κ1) is 21.6. The van der Waals surface area contributed by atoms with Crippen LogP contribution >= 0.6 is 0 Å². The molecule has 1 fully saturated rings. The number of nitrogens with two attached hydrogens (primary N) is 1. The van der Waals surface area contributed by atoms with Gasteiger partial charge in [0, 0.05) is 17.5 Å². The zero-order valence-electron chi connectivity index (χ0n) is 19.6. The van der Waals surface area contributed by atoms with E-state index >= 15 is 0 Å². The van der Waals surface area contributed by atoms with E-state index in [-0.39, 0.29) is 0 Å². The number of aryl methyl sites for hydroxylation is 2. The maximum atomic E-state index is 6.11. The minimum absolute atomic E-state index is 0.337. The number of hydrogen-bond acceptors (Lipinski definition) is 6. The number of nitrogen functional groups attached to an aromatic ring is 1.